The molecular weight excluding hydrogens is 310 g/mol. The van der Waals surface area contributed by atoms with Crippen LogP contribution in [-0.2, 0) is 11.3 Å². The van der Waals surface area contributed by atoms with E-state index in [1.807, 2.05) is 48.1 Å². The molecule has 0 fully saturated rings. The van der Waals surface area contributed by atoms with Gasteiger partial charge in [-0.3, -0.25) is 9.78 Å². The molecule has 3 aromatic rings. The van der Waals surface area contributed by atoms with Gasteiger partial charge in [-0.25, -0.2) is 0 Å². The van der Waals surface area contributed by atoms with Gasteiger partial charge in [-0.2, -0.15) is 0 Å². The van der Waals surface area contributed by atoms with Crippen LogP contribution in [0.1, 0.15) is 5.56 Å². The third-order valence-corrected chi connectivity index (χ3v) is 4.34. The lowest BCUT2D eigenvalue weighted by atomic mass is 10.0. The van der Waals surface area contributed by atoms with E-state index in [0.717, 1.165) is 32.7 Å². The summed E-state index contributed by atoms with van der Waals surface area (Å²) in [6.07, 6.45) is 3.75. The van der Waals surface area contributed by atoms with Gasteiger partial charge in [-0.1, -0.05) is 17.7 Å². The zero-order chi connectivity index (χ0) is 16.6. The molecular formula is C18H18ClN3O. The fraction of sp³-hybridized carbons (Fsp3) is 0.222. The van der Waals surface area contributed by atoms with Gasteiger partial charge in [0.05, 0.1) is 11.0 Å². The summed E-state index contributed by atoms with van der Waals surface area (Å²) in [5, 5.41) is 0.753. The topological polar surface area (TPSA) is 38.1 Å². The molecule has 0 spiro atoms. The molecule has 0 unspecified atom stereocenters. The first-order valence-corrected chi connectivity index (χ1v) is 7.75. The van der Waals surface area contributed by atoms with Gasteiger partial charge in [0.2, 0.25) is 5.91 Å². The van der Waals surface area contributed by atoms with Crippen LogP contribution in [0.5, 0.6) is 0 Å². The smallest absolute Gasteiger partial charge is 0.241 e. The molecule has 0 aliphatic carbocycles. The molecule has 2 aromatic heterocycles. The highest BCUT2D eigenvalue weighted by Gasteiger charge is 2.10. The van der Waals surface area contributed by atoms with Gasteiger partial charge in [0.1, 0.15) is 6.54 Å². The summed E-state index contributed by atoms with van der Waals surface area (Å²) in [4.78, 5) is 18.1. The maximum Gasteiger partial charge on any atom is 0.241 e. The van der Waals surface area contributed by atoms with Gasteiger partial charge in [-0.15, -0.1) is 0 Å². The lowest BCUT2D eigenvalue weighted by Crippen LogP contribution is -2.25. The highest BCUT2D eigenvalue weighted by atomic mass is 35.5. The van der Waals surface area contributed by atoms with Crippen molar-refractivity contribution >= 4 is 28.5 Å². The minimum Gasteiger partial charge on any atom is -0.347 e. The average molecular weight is 328 g/mol. The maximum atomic E-state index is 12.0. The van der Waals surface area contributed by atoms with E-state index in [4.69, 9.17) is 11.6 Å². The minimum atomic E-state index is 0.0511. The van der Waals surface area contributed by atoms with Crippen molar-refractivity contribution in [2.24, 2.45) is 0 Å². The number of benzene rings is 1. The van der Waals surface area contributed by atoms with Gasteiger partial charge in [0.25, 0.3) is 0 Å². The first-order chi connectivity index (χ1) is 11.0. The molecule has 0 aliphatic heterocycles. The van der Waals surface area contributed by atoms with Crippen molar-refractivity contribution in [1.29, 1.82) is 0 Å². The van der Waals surface area contributed by atoms with E-state index in [-0.39, 0.29) is 5.91 Å². The number of carbonyl (C=O) groups excluding carboxylic acids is 1. The van der Waals surface area contributed by atoms with Gasteiger partial charge in [0.15, 0.2) is 0 Å². The Labute approximate surface area is 140 Å². The van der Waals surface area contributed by atoms with Crippen LogP contribution in [-0.4, -0.2) is 34.5 Å². The molecule has 23 heavy (non-hydrogen) atoms. The number of halogens is 1. The summed E-state index contributed by atoms with van der Waals surface area (Å²) in [5.74, 6) is 0.0511. The van der Waals surface area contributed by atoms with E-state index < -0.39 is 0 Å². The van der Waals surface area contributed by atoms with Crippen LogP contribution in [0.25, 0.3) is 22.2 Å². The fourth-order valence-corrected chi connectivity index (χ4v) is 2.59. The molecule has 0 saturated carbocycles. The fourth-order valence-electron chi connectivity index (χ4n) is 2.47. The molecule has 0 saturated heterocycles. The molecule has 5 heteroatoms. The number of carbonyl (C=O) groups is 1. The normalized spacial score (nSPS) is 11.0. The predicted octanol–water partition coefficient (Wildman–Crippen LogP) is 3.75. The Morgan fingerprint density at radius 2 is 2.00 bits per heavy atom. The molecule has 0 N–H and O–H groups in total. The molecule has 118 valence electrons. The van der Waals surface area contributed by atoms with Crippen molar-refractivity contribution in [2.45, 2.75) is 13.5 Å². The number of rotatable bonds is 3. The SMILES string of the molecule is Cc1cc(-c2cnc3ccn(CC(=O)N(C)C)c3c2)ccc1Cl. The van der Waals surface area contributed by atoms with E-state index in [1.165, 1.54) is 0 Å². The van der Waals surface area contributed by atoms with E-state index in [2.05, 4.69) is 11.1 Å². The molecule has 0 bridgehead atoms. The standard InChI is InChI=1S/C18H18ClN3O/c1-12-8-13(4-5-15(12)19)14-9-17-16(20-10-14)6-7-22(17)11-18(23)21(2)3/h4-10H,11H2,1-3H3. The lowest BCUT2D eigenvalue weighted by Gasteiger charge is -2.12. The van der Waals surface area contributed by atoms with Gasteiger partial charge >= 0.3 is 0 Å². The lowest BCUT2D eigenvalue weighted by molar-refractivity contribution is -0.129. The summed E-state index contributed by atoms with van der Waals surface area (Å²) in [6.45, 7) is 2.29. The Hall–Kier alpha value is -2.33. The summed E-state index contributed by atoms with van der Waals surface area (Å²) >= 11 is 6.10. The third-order valence-electron chi connectivity index (χ3n) is 3.91. The van der Waals surface area contributed by atoms with Crippen molar-refractivity contribution in [3.63, 3.8) is 0 Å². The van der Waals surface area contributed by atoms with Crippen molar-refractivity contribution in [3.05, 3.63) is 53.3 Å². The number of amides is 1. The second-order valence-electron chi connectivity index (χ2n) is 5.82. The van der Waals surface area contributed by atoms with Gasteiger partial charge in [-0.05, 0) is 42.3 Å². The Balaban J connectivity index is 2.03. The molecule has 0 atom stereocenters. The first kappa shape index (κ1) is 15.6. The Kier molecular flexibility index (Phi) is 4.09. The number of hydrogen-bond donors (Lipinski definition) is 0. The van der Waals surface area contributed by atoms with Crippen molar-refractivity contribution in [1.82, 2.24) is 14.5 Å². The number of likely N-dealkylation sites (N-methyl/N-ethyl adjacent to an activating group) is 1. The quantitative estimate of drug-likeness (QED) is 0.734. The van der Waals surface area contributed by atoms with E-state index in [9.17, 15) is 4.79 Å². The van der Waals surface area contributed by atoms with Crippen LogP contribution >= 0.6 is 11.6 Å². The summed E-state index contributed by atoms with van der Waals surface area (Å²) in [6, 6.07) is 9.91. The molecule has 2 heterocycles. The Morgan fingerprint density at radius 3 is 2.70 bits per heavy atom. The number of aryl methyl sites for hydroxylation is 1. The summed E-state index contributed by atoms with van der Waals surface area (Å²) < 4.78 is 1.93. The average Bonchev–Trinajstić information content (AvgIpc) is 2.92. The number of aromatic nitrogens is 2. The molecule has 0 radical (unpaired) electrons. The second-order valence-corrected chi connectivity index (χ2v) is 6.23. The second kappa shape index (κ2) is 6.05. The van der Waals surface area contributed by atoms with Gasteiger partial charge < -0.3 is 9.47 Å². The highest BCUT2D eigenvalue weighted by molar-refractivity contribution is 6.31. The molecule has 4 nitrogen and oxygen atoms in total. The van der Waals surface area contributed by atoms with Crippen LogP contribution in [0, 0.1) is 6.92 Å². The molecule has 1 aromatic carbocycles. The monoisotopic (exact) mass is 327 g/mol. The van der Waals surface area contributed by atoms with Crippen molar-refractivity contribution < 1.29 is 4.79 Å². The molecule has 0 aliphatic rings. The van der Waals surface area contributed by atoms with Crippen LogP contribution < -0.4 is 0 Å². The molecule has 3 rings (SSSR count). The van der Waals surface area contributed by atoms with E-state index in [0.29, 0.717) is 6.54 Å². The van der Waals surface area contributed by atoms with Crippen molar-refractivity contribution in [3.8, 4) is 11.1 Å². The summed E-state index contributed by atoms with van der Waals surface area (Å²) in [7, 11) is 3.52. The van der Waals surface area contributed by atoms with Crippen molar-refractivity contribution in [2.75, 3.05) is 14.1 Å². The Morgan fingerprint density at radius 1 is 1.22 bits per heavy atom. The number of nitrogens with zero attached hydrogens (tertiary/aromatic N) is 3. The van der Waals surface area contributed by atoms with Crippen LogP contribution in [0.3, 0.4) is 0 Å². The van der Waals surface area contributed by atoms with Crippen LogP contribution in [0.2, 0.25) is 5.02 Å². The third kappa shape index (κ3) is 3.08. The minimum absolute atomic E-state index is 0.0511. The Bertz CT molecular complexity index is 883. The first-order valence-electron chi connectivity index (χ1n) is 7.37. The van der Waals surface area contributed by atoms with Gasteiger partial charge in [0, 0.05) is 37.1 Å². The predicted molar refractivity (Wildman–Crippen MR) is 93.6 cm³/mol. The maximum absolute atomic E-state index is 12.0. The highest BCUT2D eigenvalue weighted by Crippen LogP contribution is 2.27. The zero-order valence-corrected chi connectivity index (χ0v) is 14.1. The largest absolute Gasteiger partial charge is 0.347 e. The van der Waals surface area contributed by atoms with E-state index in [1.54, 1.807) is 19.0 Å². The number of hydrogen-bond acceptors (Lipinski definition) is 2. The summed E-state index contributed by atoms with van der Waals surface area (Å²) in [5.41, 5.74) is 4.93. The number of fused-ring (bicyclic) bond motifs is 1. The molecule has 1 amide bonds. The number of pyridine rings is 1. The van der Waals surface area contributed by atoms with Crippen LogP contribution in [0.4, 0.5) is 0 Å². The zero-order valence-electron chi connectivity index (χ0n) is 13.4. The van der Waals surface area contributed by atoms with E-state index >= 15 is 0 Å². The van der Waals surface area contributed by atoms with Crippen LogP contribution in [0.15, 0.2) is 42.7 Å².